The second kappa shape index (κ2) is 8.06. The van der Waals surface area contributed by atoms with Gasteiger partial charge in [0, 0.05) is 23.0 Å². The fourth-order valence-electron chi connectivity index (χ4n) is 2.67. The van der Waals surface area contributed by atoms with Crippen molar-refractivity contribution >= 4 is 29.3 Å². The molecule has 0 saturated carbocycles. The lowest BCUT2D eigenvalue weighted by Crippen LogP contribution is -2.43. The molecule has 1 atom stereocenters. The van der Waals surface area contributed by atoms with Crippen LogP contribution < -0.4 is 5.32 Å². The van der Waals surface area contributed by atoms with Crippen LogP contribution in [0.2, 0.25) is 5.02 Å². The Hall–Kier alpha value is -0.710. The summed E-state index contributed by atoms with van der Waals surface area (Å²) in [4.78, 5) is 15.6. The highest BCUT2D eigenvalue weighted by atomic mass is 35.5. The molecular weight excluding hydrogens is 304 g/mol. The first-order valence-corrected chi connectivity index (χ1v) is 8.71. The molecule has 1 unspecified atom stereocenters. The third kappa shape index (κ3) is 4.90. The summed E-state index contributed by atoms with van der Waals surface area (Å²) in [6.07, 6.45) is 2.20. The van der Waals surface area contributed by atoms with Crippen molar-refractivity contribution in [3.8, 4) is 0 Å². The fourth-order valence-corrected chi connectivity index (χ4v) is 3.75. The van der Waals surface area contributed by atoms with Crippen LogP contribution in [-0.2, 0) is 4.79 Å². The number of amides is 1. The van der Waals surface area contributed by atoms with Gasteiger partial charge in [-0.05, 0) is 63.5 Å². The van der Waals surface area contributed by atoms with E-state index in [0.29, 0.717) is 5.92 Å². The Bertz CT molecular complexity index is 458. The molecule has 2 rings (SSSR count). The molecule has 1 amide bonds. The van der Waals surface area contributed by atoms with Crippen LogP contribution in [0.1, 0.15) is 19.8 Å². The lowest BCUT2D eigenvalue weighted by atomic mass is 9.97. The number of likely N-dealkylation sites (tertiary alicyclic amines) is 1. The Kier molecular flexibility index (Phi) is 6.40. The first-order valence-electron chi connectivity index (χ1n) is 7.45. The van der Waals surface area contributed by atoms with E-state index >= 15 is 0 Å². The number of nitrogens with one attached hydrogen (secondary N) is 1. The average molecular weight is 327 g/mol. The Labute approximate surface area is 136 Å². The highest BCUT2D eigenvalue weighted by Crippen LogP contribution is 2.27. The lowest BCUT2D eigenvalue weighted by molar-refractivity contribution is -0.131. The van der Waals surface area contributed by atoms with Gasteiger partial charge in [-0.2, -0.15) is 0 Å². The lowest BCUT2D eigenvalue weighted by Gasteiger charge is -2.33. The Morgan fingerprint density at radius 2 is 2.00 bits per heavy atom. The number of nitrogens with zero attached hydrogens (tertiary/aromatic N) is 1. The number of carbonyl (C=O) groups is 1. The van der Waals surface area contributed by atoms with Crippen molar-refractivity contribution in [3.63, 3.8) is 0 Å². The van der Waals surface area contributed by atoms with E-state index in [1.165, 1.54) is 0 Å². The second-order valence-corrected chi connectivity index (χ2v) is 7.39. The molecule has 0 aliphatic carbocycles. The van der Waals surface area contributed by atoms with Gasteiger partial charge in [0.05, 0.1) is 5.25 Å². The molecular formula is C16H23ClN2OS. The minimum absolute atomic E-state index is 0.0491. The molecule has 1 N–H and O–H groups in total. The highest BCUT2D eigenvalue weighted by molar-refractivity contribution is 8.00. The smallest absolute Gasteiger partial charge is 0.235 e. The molecule has 21 heavy (non-hydrogen) atoms. The Balaban J connectivity index is 1.84. The molecule has 1 aliphatic rings. The van der Waals surface area contributed by atoms with Crippen molar-refractivity contribution in [1.29, 1.82) is 0 Å². The van der Waals surface area contributed by atoms with Crippen LogP contribution >= 0.6 is 23.4 Å². The third-order valence-corrected chi connectivity index (χ3v) is 5.24. The maximum Gasteiger partial charge on any atom is 0.235 e. The summed E-state index contributed by atoms with van der Waals surface area (Å²) >= 11 is 7.49. The van der Waals surface area contributed by atoms with E-state index in [1.807, 2.05) is 43.1 Å². The molecule has 0 radical (unpaired) electrons. The number of hydrogen-bond acceptors (Lipinski definition) is 3. The normalized spacial score (nSPS) is 17.8. The standard InChI is InChI=1S/C16H23ClN2OS/c1-12(21-15-5-3-14(17)4-6-15)16(20)19-9-7-13(8-10-19)11-18-2/h3-6,12-13,18H,7-11H2,1-2H3. The molecule has 1 aromatic carbocycles. The first kappa shape index (κ1) is 16.7. The van der Waals surface area contributed by atoms with Crippen molar-refractivity contribution in [1.82, 2.24) is 10.2 Å². The van der Waals surface area contributed by atoms with Crippen LogP contribution in [0.25, 0.3) is 0 Å². The maximum absolute atomic E-state index is 12.5. The fraction of sp³-hybridized carbons (Fsp3) is 0.562. The minimum Gasteiger partial charge on any atom is -0.342 e. The van der Waals surface area contributed by atoms with Crippen LogP contribution in [0.4, 0.5) is 0 Å². The van der Waals surface area contributed by atoms with Crippen LogP contribution in [0.15, 0.2) is 29.2 Å². The van der Waals surface area contributed by atoms with Crippen molar-refractivity contribution in [2.45, 2.75) is 29.9 Å². The maximum atomic E-state index is 12.5. The SMILES string of the molecule is CNCC1CCN(C(=O)C(C)Sc2ccc(Cl)cc2)CC1. The molecule has 0 bridgehead atoms. The van der Waals surface area contributed by atoms with Crippen LogP contribution in [0.3, 0.4) is 0 Å². The summed E-state index contributed by atoms with van der Waals surface area (Å²) in [5, 5.41) is 3.90. The van der Waals surface area contributed by atoms with Gasteiger partial charge in [0.2, 0.25) is 5.91 Å². The second-order valence-electron chi connectivity index (χ2n) is 5.54. The summed E-state index contributed by atoms with van der Waals surface area (Å²) in [5.41, 5.74) is 0. The van der Waals surface area contributed by atoms with Gasteiger partial charge in [-0.25, -0.2) is 0 Å². The number of hydrogen-bond donors (Lipinski definition) is 1. The zero-order chi connectivity index (χ0) is 15.2. The van der Waals surface area contributed by atoms with E-state index in [1.54, 1.807) is 11.8 Å². The van der Waals surface area contributed by atoms with E-state index in [9.17, 15) is 4.79 Å². The third-order valence-electron chi connectivity index (χ3n) is 3.89. The van der Waals surface area contributed by atoms with Crippen LogP contribution in [0, 0.1) is 5.92 Å². The van der Waals surface area contributed by atoms with Crippen LogP contribution in [0.5, 0.6) is 0 Å². The van der Waals surface area contributed by atoms with Gasteiger partial charge in [-0.3, -0.25) is 4.79 Å². The topological polar surface area (TPSA) is 32.3 Å². The predicted molar refractivity (Wildman–Crippen MR) is 90.0 cm³/mol. The summed E-state index contributed by atoms with van der Waals surface area (Å²) in [6.45, 7) is 4.81. The number of halogens is 1. The monoisotopic (exact) mass is 326 g/mol. The van der Waals surface area contributed by atoms with Gasteiger partial charge in [0.1, 0.15) is 0 Å². The summed E-state index contributed by atoms with van der Waals surface area (Å²) in [6, 6.07) is 7.67. The van der Waals surface area contributed by atoms with E-state index < -0.39 is 0 Å². The largest absolute Gasteiger partial charge is 0.342 e. The molecule has 1 heterocycles. The van der Waals surface area contributed by atoms with Gasteiger partial charge >= 0.3 is 0 Å². The van der Waals surface area contributed by atoms with E-state index in [2.05, 4.69) is 5.32 Å². The minimum atomic E-state index is -0.0491. The first-order chi connectivity index (χ1) is 10.1. The Morgan fingerprint density at radius 3 is 2.57 bits per heavy atom. The Morgan fingerprint density at radius 1 is 1.38 bits per heavy atom. The number of benzene rings is 1. The molecule has 0 spiro atoms. The molecule has 1 aliphatic heterocycles. The zero-order valence-electron chi connectivity index (χ0n) is 12.6. The molecule has 1 aromatic rings. The molecule has 3 nitrogen and oxygen atoms in total. The molecule has 116 valence electrons. The number of carbonyl (C=O) groups excluding carboxylic acids is 1. The summed E-state index contributed by atoms with van der Waals surface area (Å²) < 4.78 is 0. The number of rotatable bonds is 5. The van der Waals surface area contributed by atoms with E-state index in [-0.39, 0.29) is 11.2 Å². The van der Waals surface area contributed by atoms with Gasteiger partial charge in [0.15, 0.2) is 0 Å². The van der Waals surface area contributed by atoms with Crippen molar-refractivity contribution in [2.24, 2.45) is 5.92 Å². The number of piperidine rings is 1. The summed E-state index contributed by atoms with van der Waals surface area (Å²) in [5.74, 6) is 0.955. The predicted octanol–water partition coefficient (Wildman–Crippen LogP) is 3.28. The van der Waals surface area contributed by atoms with Gasteiger partial charge in [-0.1, -0.05) is 11.6 Å². The van der Waals surface area contributed by atoms with Gasteiger partial charge < -0.3 is 10.2 Å². The highest BCUT2D eigenvalue weighted by Gasteiger charge is 2.26. The van der Waals surface area contributed by atoms with Gasteiger partial charge in [-0.15, -0.1) is 11.8 Å². The van der Waals surface area contributed by atoms with Crippen molar-refractivity contribution in [3.05, 3.63) is 29.3 Å². The number of thioether (sulfide) groups is 1. The van der Waals surface area contributed by atoms with Crippen molar-refractivity contribution in [2.75, 3.05) is 26.7 Å². The van der Waals surface area contributed by atoms with E-state index in [4.69, 9.17) is 11.6 Å². The zero-order valence-corrected chi connectivity index (χ0v) is 14.2. The quantitative estimate of drug-likeness (QED) is 0.843. The molecule has 5 heteroatoms. The van der Waals surface area contributed by atoms with Gasteiger partial charge in [0.25, 0.3) is 0 Å². The molecule has 0 aromatic heterocycles. The van der Waals surface area contributed by atoms with Crippen LogP contribution in [-0.4, -0.2) is 42.7 Å². The molecule has 1 saturated heterocycles. The molecule has 1 fully saturated rings. The average Bonchev–Trinajstić information content (AvgIpc) is 2.50. The summed E-state index contributed by atoms with van der Waals surface area (Å²) in [7, 11) is 1.99. The van der Waals surface area contributed by atoms with E-state index in [0.717, 1.165) is 42.4 Å². The van der Waals surface area contributed by atoms with Crippen molar-refractivity contribution < 1.29 is 4.79 Å².